The van der Waals surface area contributed by atoms with E-state index >= 15 is 0 Å². The van der Waals surface area contributed by atoms with Crippen molar-refractivity contribution in [3.05, 3.63) is 76.9 Å². The lowest BCUT2D eigenvalue weighted by Gasteiger charge is -2.34. The van der Waals surface area contributed by atoms with Gasteiger partial charge in [-0.2, -0.15) is 4.98 Å². The molecule has 144 valence electrons. The summed E-state index contributed by atoms with van der Waals surface area (Å²) in [5, 5.41) is 4.19. The van der Waals surface area contributed by atoms with E-state index in [9.17, 15) is 8.78 Å². The van der Waals surface area contributed by atoms with Crippen LogP contribution in [0.15, 0.2) is 47.0 Å². The maximum absolute atomic E-state index is 13.6. The van der Waals surface area contributed by atoms with Crippen molar-refractivity contribution in [3.63, 3.8) is 0 Å². The maximum atomic E-state index is 13.6. The Morgan fingerprint density at radius 1 is 0.964 bits per heavy atom. The number of hydrogen-bond donors (Lipinski definition) is 0. The molecule has 0 aliphatic heterocycles. The Hall–Kier alpha value is -2.76. The SMILES string of the molecule is Fc1ccc(OC2(c3nc(C4Cc5ccc(F)cc54)no3)CCCCC2)cc1. The number of hydrogen-bond acceptors (Lipinski definition) is 4. The molecular weight excluding hydrogens is 362 g/mol. The van der Waals surface area contributed by atoms with Crippen molar-refractivity contribution in [1.82, 2.24) is 10.1 Å². The summed E-state index contributed by atoms with van der Waals surface area (Å²) in [4.78, 5) is 4.67. The molecule has 2 aromatic carbocycles. The van der Waals surface area contributed by atoms with Crippen LogP contribution in [-0.2, 0) is 12.0 Å². The first-order chi connectivity index (χ1) is 13.6. The molecule has 3 aromatic rings. The van der Waals surface area contributed by atoms with E-state index in [1.807, 2.05) is 6.07 Å². The lowest BCUT2D eigenvalue weighted by atomic mass is 9.77. The predicted molar refractivity (Wildman–Crippen MR) is 98.0 cm³/mol. The van der Waals surface area contributed by atoms with Crippen molar-refractivity contribution in [1.29, 1.82) is 0 Å². The Balaban J connectivity index is 1.45. The van der Waals surface area contributed by atoms with Gasteiger partial charge in [0.2, 0.25) is 0 Å². The Morgan fingerprint density at radius 3 is 2.50 bits per heavy atom. The highest BCUT2D eigenvalue weighted by molar-refractivity contribution is 5.44. The number of rotatable bonds is 4. The fourth-order valence-electron chi connectivity index (χ4n) is 4.28. The summed E-state index contributed by atoms with van der Waals surface area (Å²) in [5.41, 5.74) is 1.34. The van der Waals surface area contributed by atoms with Gasteiger partial charge in [0.1, 0.15) is 17.4 Å². The third-order valence-electron chi connectivity index (χ3n) is 5.84. The van der Waals surface area contributed by atoms with Crippen molar-refractivity contribution in [2.24, 2.45) is 0 Å². The van der Waals surface area contributed by atoms with Crippen LogP contribution in [0.2, 0.25) is 0 Å². The molecule has 5 rings (SSSR count). The number of ether oxygens (including phenoxy) is 1. The van der Waals surface area contributed by atoms with E-state index in [1.54, 1.807) is 18.2 Å². The molecule has 0 bridgehead atoms. The zero-order valence-electron chi connectivity index (χ0n) is 15.3. The highest BCUT2D eigenvalue weighted by atomic mass is 19.1. The first kappa shape index (κ1) is 17.3. The summed E-state index contributed by atoms with van der Waals surface area (Å²) in [6, 6.07) is 10.8. The largest absolute Gasteiger partial charge is 0.477 e. The molecule has 1 fully saturated rings. The molecule has 0 saturated heterocycles. The first-order valence-electron chi connectivity index (χ1n) is 9.70. The Kier molecular flexibility index (Phi) is 4.14. The molecule has 4 nitrogen and oxygen atoms in total. The zero-order valence-corrected chi connectivity index (χ0v) is 15.3. The van der Waals surface area contributed by atoms with Gasteiger partial charge in [0.15, 0.2) is 11.4 Å². The fourth-order valence-corrected chi connectivity index (χ4v) is 4.28. The minimum Gasteiger partial charge on any atom is -0.477 e. The predicted octanol–water partition coefficient (Wildman–Crippen LogP) is 5.27. The van der Waals surface area contributed by atoms with Crippen LogP contribution in [0, 0.1) is 11.6 Å². The first-order valence-corrected chi connectivity index (χ1v) is 9.70. The number of aromatic nitrogens is 2. The van der Waals surface area contributed by atoms with Crippen molar-refractivity contribution >= 4 is 0 Å². The smallest absolute Gasteiger partial charge is 0.270 e. The standard InChI is InChI=1S/C22H20F2N2O2/c23-15-6-8-17(9-7-15)27-22(10-2-1-3-11-22)21-25-20(26-28-21)19-12-14-4-5-16(24)13-18(14)19/h4-9,13,19H,1-3,10-12H2. The fraction of sp³-hybridized carbons (Fsp3) is 0.364. The number of benzene rings is 2. The minimum atomic E-state index is -0.699. The summed E-state index contributed by atoms with van der Waals surface area (Å²) >= 11 is 0. The van der Waals surface area contributed by atoms with E-state index < -0.39 is 5.60 Å². The average molecular weight is 382 g/mol. The van der Waals surface area contributed by atoms with Crippen molar-refractivity contribution in [2.75, 3.05) is 0 Å². The summed E-state index contributed by atoms with van der Waals surface area (Å²) < 4.78 is 38.8. The minimum absolute atomic E-state index is 0.0466. The van der Waals surface area contributed by atoms with Crippen LogP contribution in [0.25, 0.3) is 0 Å². The van der Waals surface area contributed by atoms with Gasteiger partial charge >= 0.3 is 0 Å². The van der Waals surface area contributed by atoms with Gasteiger partial charge in [0.05, 0.1) is 5.92 Å². The van der Waals surface area contributed by atoms with Gasteiger partial charge in [0.25, 0.3) is 5.89 Å². The van der Waals surface area contributed by atoms with E-state index in [0.717, 1.165) is 49.7 Å². The van der Waals surface area contributed by atoms with Crippen LogP contribution >= 0.6 is 0 Å². The molecule has 0 N–H and O–H groups in total. The van der Waals surface area contributed by atoms with E-state index in [1.165, 1.54) is 18.2 Å². The molecule has 2 aliphatic carbocycles. The van der Waals surface area contributed by atoms with Crippen LogP contribution in [-0.4, -0.2) is 10.1 Å². The van der Waals surface area contributed by atoms with E-state index in [-0.39, 0.29) is 17.6 Å². The summed E-state index contributed by atoms with van der Waals surface area (Å²) in [7, 11) is 0. The molecule has 1 aromatic heterocycles. The van der Waals surface area contributed by atoms with Gasteiger partial charge in [-0.05, 0) is 79.6 Å². The van der Waals surface area contributed by atoms with Crippen molar-refractivity contribution in [3.8, 4) is 5.75 Å². The van der Waals surface area contributed by atoms with Crippen LogP contribution in [0.5, 0.6) is 5.75 Å². The molecule has 0 amide bonds. The highest BCUT2D eigenvalue weighted by Crippen LogP contribution is 2.43. The van der Waals surface area contributed by atoms with E-state index in [2.05, 4.69) is 10.1 Å². The molecule has 1 heterocycles. The second kappa shape index (κ2) is 6.69. The number of nitrogens with zero attached hydrogens (tertiary/aromatic N) is 2. The van der Waals surface area contributed by atoms with E-state index in [4.69, 9.17) is 9.26 Å². The average Bonchev–Trinajstić information content (AvgIpc) is 3.17. The summed E-state index contributed by atoms with van der Waals surface area (Å²) in [6.45, 7) is 0. The molecule has 2 aliphatic rings. The number of halogens is 2. The van der Waals surface area contributed by atoms with Crippen molar-refractivity contribution < 1.29 is 18.0 Å². The second-order valence-electron chi connectivity index (χ2n) is 7.67. The molecular formula is C22H20F2N2O2. The van der Waals surface area contributed by atoms with Gasteiger partial charge < -0.3 is 9.26 Å². The molecule has 0 radical (unpaired) electrons. The van der Waals surface area contributed by atoms with Crippen molar-refractivity contribution in [2.45, 2.75) is 50.0 Å². The van der Waals surface area contributed by atoms with Gasteiger partial charge in [-0.3, -0.25) is 0 Å². The topological polar surface area (TPSA) is 48.2 Å². The molecule has 1 saturated carbocycles. The van der Waals surface area contributed by atoms with Gasteiger partial charge in [0, 0.05) is 0 Å². The maximum Gasteiger partial charge on any atom is 0.270 e. The third-order valence-corrected chi connectivity index (χ3v) is 5.84. The molecule has 1 atom stereocenters. The zero-order chi connectivity index (χ0) is 19.1. The molecule has 1 unspecified atom stereocenters. The van der Waals surface area contributed by atoms with Crippen LogP contribution in [0.3, 0.4) is 0 Å². The quantitative estimate of drug-likeness (QED) is 0.616. The number of fused-ring (bicyclic) bond motifs is 1. The Labute approximate surface area is 161 Å². The molecule has 6 heteroatoms. The molecule has 0 spiro atoms. The lowest BCUT2D eigenvalue weighted by Crippen LogP contribution is -2.36. The van der Waals surface area contributed by atoms with Crippen LogP contribution < -0.4 is 4.74 Å². The molecule has 28 heavy (non-hydrogen) atoms. The monoisotopic (exact) mass is 382 g/mol. The highest BCUT2D eigenvalue weighted by Gasteiger charge is 2.43. The lowest BCUT2D eigenvalue weighted by molar-refractivity contribution is -0.00357. The van der Waals surface area contributed by atoms with Gasteiger partial charge in [-0.1, -0.05) is 17.6 Å². The van der Waals surface area contributed by atoms with Gasteiger partial charge in [-0.15, -0.1) is 0 Å². The van der Waals surface area contributed by atoms with E-state index in [0.29, 0.717) is 17.5 Å². The summed E-state index contributed by atoms with van der Waals surface area (Å²) in [5.74, 6) is 1.00. The van der Waals surface area contributed by atoms with Crippen LogP contribution in [0.4, 0.5) is 8.78 Å². The Morgan fingerprint density at radius 2 is 1.71 bits per heavy atom. The van der Waals surface area contributed by atoms with Crippen LogP contribution in [0.1, 0.15) is 60.9 Å². The summed E-state index contributed by atoms with van der Waals surface area (Å²) in [6.07, 6.45) is 5.43. The third kappa shape index (κ3) is 2.97. The second-order valence-corrected chi connectivity index (χ2v) is 7.67. The Bertz CT molecular complexity index is 994. The normalized spacial score (nSPS) is 20.3. The van der Waals surface area contributed by atoms with Gasteiger partial charge in [-0.25, -0.2) is 8.78 Å².